The summed E-state index contributed by atoms with van der Waals surface area (Å²) in [4.78, 5) is 47.0. The SMILES string of the molecule is C=CCN(CCC)C(=O)[C@@H]1[C@H]2C(=O)N([C@H](C)CO)C(C(=O)N(CC=C)c3ccc(OC)cc3)C23CC[C@H]1O3. The highest BCUT2D eigenvalue weighted by atomic mass is 16.5. The van der Waals surface area contributed by atoms with Crippen LogP contribution in [0.1, 0.15) is 33.1 Å². The molecular formula is C29H39N3O6. The number of ether oxygens (including phenoxy) is 2. The average Bonchev–Trinajstić information content (AvgIpc) is 3.58. The van der Waals surface area contributed by atoms with E-state index >= 15 is 0 Å². The van der Waals surface area contributed by atoms with Crippen molar-refractivity contribution in [2.24, 2.45) is 11.8 Å². The summed E-state index contributed by atoms with van der Waals surface area (Å²) in [6, 6.07) is 5.48. The van der Waals surface area contributed by atoms with Gasteiger partial charge in [0.25, 0.3) is 5.91 Å². The molecule has 3 fully saturated rings. The van der Waals surface area contributed by atoms with Gasteiger partial charge in [-0.15, -0.1) is 13.2 Å². The molecule has 0 radical (unpaired) electrons. The monoisotopic (exact) mass is 525 g/mol. The maximum absolute atomic E-state index is 14.4. The summed E-state index contributed by atoms with van der Waals surface area (Å²) in [6.07, 6.45) is 4.73. The van der Waals surface area contributed by atoms with Gasteiger partial charge < -0.3 is 29.3 Å². The van der Waals surface area contributed by atoms with Gasteiger partial charge in [0.05, 0.1) is 37.7 Å². The van der Waals surface area contributed by atoms with Crippen LogP contribution in [0.25, 0.3) is 0 Å². The van der Waals surface area contributed by atoms with E-state index in [1.54, 1.807) is 60.3 Å². The molecule has 3 amide bonds. The number of aliphatic hydroxyl groups excluding tert-OH is 1. The quantitative estimate of drug-likeness (QED) is 0.421. The van der Waals surface area contributed by atoms with E-state index in [0.717, 1.165) is 6.42 Å². The van der Waals surface area contributed by atoms with E-state index in [2.05, 4.69) is 13.2 Å². The van der Waals surface area contributed by atoms with Crippen LogP contribution in [-0.2, 0) is 19.1 Å². The lowest BCUT2D eigenvalue weighted by molar-refractivity contribution is -0.147. The minimum Gasteiger partial charge on any atom is -0.497 e. The van der Waals surface area contributed by atoms with Crippen molar-refractivity contribution in [1.82, 2.24) is 9.80 Å². The van der Waals surface area contributed by atoms with Crippen LogP contribution in [0.5, 0.6) is 5.75 Å². The zero-order valence-electron chi connectivity index (χ0n) is 22.5. The summed E-state index contributed by atoms with van der Waals surface area (Å²) in [6.45, 7) is 12.1. The van der Waals surface area contributed by atoms with Crippen molar-refractivity contribution in [3.63, 3.8) is 0 Å². The largest absolute Gasteiger partial charge is 0.497 e. The number of hydrogen-bond acceptors (Lipinski definition) is 6. The molecule has 3 heterocycles. The molecule has 0 aliphatic carbocycles. The van der Waals surface area contributed by atoms with Crippen molar-refractivity contribution >= 4 is 23.4 Å². The van der Waals surface area contributed by atoms with Crippen LogP contribution in [0.2, 0.25) is 0 Å². The first-order chi connectivity index (χ1) is 18.3. The molecule has 2 unspecified atom stereocenters. The van der Waals surface area contributed by atoms with Gasteiger partial charge in [-0.3, -0.25) is 14.4 Å². The summed E-state index contributed by atoms with van der Waals surface area (Å²) in [5.74, 6) is -1.59. The minimum atomic E-state index is -1.14. The Bertz CT molecular complexity index is 1070. The number of fused-ring (bicyclic) bond motifs is 1. The van der Waals surface area contributed by atoms with Gasteiger partial charge in [0.1, 0.15) is 17.4 Å². The van der Waals surface area contributed by atoms with Crippen molar-refractivity contribution in [1.29, 1.82) is 0 Å². The van der Waals surface area contributed by atoms with E-state index in [1.165, 1.54) is 4.90 Å². The second-order valence-electron chi connectivity index (χ2n) is 10.3. The number of likely N-dealkylation sites (tertiary alicyclic amines) is 1. The lowest BCUT2D eigenvalue weighted by Gasteiger charge is -2.38. The molecule has 38 heavy (non-hydrogen) atoms. The Balaban J connectivity index is 1.76. The Morgan fingerprint density at radius 2 is 1.92 bits per heavy atom. The Hall–Kier alpha value is -3.17. The molecule has 4 rings (SSSR count). The Morgan fingerprint density at radius 1 is 1.24 bits per heavy atom. The van der Waals surface area contributed by atoms with Crippen LogP contribution in [0.4, 0.5) is 5.69 Å². The van der Waals surface area contributed by atoms with Crippen molar-refractivity contribution in [2.45, 2.75) is 56.9 Å². The maximum Gasteiger partial charge on any atom is 0.253 e. The summed E-state index contributed by atoms with van der Waals surface area (Å²) in [7, 11) is 1.57. The fraction of sp³-hybridized carbons (Fsp3) is 0.552. The molecule has 206 valence electrons. The van der Waals surface area contributed by atoms with Gasteiger partial charge in [-0.1, -0.05) is 19.1 Å². The first-order valence-corrected chi connectivity index (χ1v) is 13.4. The van der Waals surface area contributed by atoms with Gasteiger partial charge >= 0.3 is 0 Å². The summed E-state index contributed by atoms with van der Waals surface area (Å²) in [5, 5.41) is 10.1. The van der Waals surface area contributed by atoms with E-state index in [-0.39, 0.29) is 30.9 Å². The van der Waals surface area contributed by atoms with Crippen molar-refractivity contribution in [3.05, 3.63) is 49.6 Å². The topological polar surface area (TPSA) is 99.6 Å². The van der Waals surface area contributed by atoms with Crippen LogP contribution >= 0.6 is 0 Å². The maximum atomic E-state index is 14.4. The highest BCUT2D eigenvalue weighted by molar-refractivity contribution is 6.05. The number of amides is 3. The lowest BCUT2D eigenvalue weighted by atomic mass is 9.70. The standard InChI is InChI=1S/C29H39N3O6/c1-6-15-30(16-7-2)26(34)23-22-13-14-29(38-22)24(23)27(35)32(19(4)18-33)25(29)28(36)31(17-8-3)20-9-11-21(37-5)12-10-20/h6,8-12,19,22-25,33H,1,3,7,13-18H2,2,4-5H3/t19-,22-,23+,24+,25?,29?/m1/s1. The Labute approximate surface area is 224 Å². The van der Waals surface area contributed by atoms with Crippen molar-refractivity contribution in [2.75, 3.05) is 38.3 Å². The predicted molar refractivity (Wildman–Crippen MR) is 144 cm³/mol. The number of carbonyl (C=O) groups is 3. The van der Waals surface area contributed by atoms with E-state index in [1.807, 2.05) is 6.92 Å². The molecule has 3 aliphatic heterocycles. The molecule has 1 N–H and O–H groups in total. The van der Waals surface area contributed by atoms with Crippen LogP contribution in [0, 0.1) is 11.8 Å². The molecule has 9 heteroatoms. The third-order valence-corrected chi connectivity index (χ3v) is 8.11. The van der Waals surface area contributed by atoms with Crippen molar-refractivity contribution < 1.29 is 29.0 Å². The van der Waals surface area contributed by atoms with E-state index in [4.69, 9.17) is 9.47 Å². The molecule has 1 aromatic rings. The van der Waals surface area contributed by atoms with Gasteiger partial charge in [-0.05, 0) is 50.5 Å². The number of nitrogens with zero attached hydrogens (tertiary/aromatic N) is 3. The first-order valence-electron chi connectivity index (χ1n) is 13.4. The van der Waals surface area contributed by atoms with Gasteiger partial charge in [-0.25, -0.2) is 0 Å². The van der Waals surface area contributed by atoms with E-state index < -0.39 is 35.6 Å². The van der Waals surface area contributed by atoms with Gasteiger partial charge in [0.15, 0.2) is 0 Å². The summed E-state index contributed by atoms with van der Waals surface area (Å²) < 4.78 is 11.8. The number of hydrogen-bond donors (Lipinski definition) is 1. The second-order valence-corrected chi connectivity index (χ2v) is 10.3. The normalized spacial score (nSPS) is 28.1. The zero-order chi connectivity index (χ0) is 27.6. The number of anilines is 1. The average molecular weight is 526 g/mol. The Morgan fingerprint density at radius 3 is 2.50 bits per heavy atom. The number of carbonyl (C=O) groups excluding carboxylic acids is 3. The molecule has 6 atom stereocenters. The van der Waals surface area contributed by atoms with Crippen LogP contribution in [0.15, 0.2) is 49.6 Å². The van der Waals surface area contributed by atoms with Gasteiger partial charge in [0, 0.05) is 25.3 Å². The fourth-order valence-corrected chi connectivity index (χ4v) is 6.50. The molecule has 2 bridgehead atoms. The molecule has 0 saturated carbocycles. The van der Waals surface area contributed by atoms with Gasteiger partial charge in [0.2, 0.25) is 11.8 Å². The number of aliphatic hydroxyl groups is 1. The molecule has 3 aliphatic rings. The first kappa shape index (κ1) is 27.9. The zero-order valence-corrected chi connectivity index (χ0v) is 22.5. The molecule has 9 nitrogen and oxygen atoms in total. The third-order valence-electron chi connectivity index (χ3n) is 8.11. The fourth-order valence-electron chi connectivity index (χ4n) is 6.50. The second kappa shape index (κ2) is 11.3. The number of methoxy groups -OCH3 is 1. The van der Waals surface area contributed by atoms with Crippen LogP contribution in [-0.4, -0.2) is 89.8 Å². The highest BCUT2D eigenvalue weighted by Crippen LogP contribution is 2.59. The molecule has 3 saturated heterocycles. The summed E-state index contributed by atoms with van der Waals surface area (Å²) in [5.41, 5.74) is -0.513. The number of rotatable bonds is 12. The molecule has 1 aromatic carbocycles. The van der Waals surface area contributed by atoms with E-state index in [9.17, 15) is 19.5 Å². The lowest BCUT2D eigenvalue weighted by Crippen LogP contribution is -2.58. The summed E-state index contributed by atoms with van der Waals surface area (Å²) >= 11 is 0. The minimum absolute atomic E-state index is 0.139. The van der Waals surface area contributed by atoms with Crippen LogP contribution < -0.4 is 9.64 Å². The van der Waals surface area contributed by atoms with Crippen molar-refractivity contribution in [3.8, 4) is 5.75 Å². The van der Waals surface area contributed by atoms with E-state index in [0.29, 0.717) is 37.4 Å². The molecule has 0 aromatic heterocycles. The van der Waals surface area contributed by atoms with Crippen LogP contribution in [0.3, 0.4) is 0 Å². The highest BCUT2D eigenvalue weighted by Gasteiger charge is 2.75. The van der Waals surface area contributed by atoms with Gasteiger partial charge in [-0.2, -0.15) is 0 Å². The third kappa shape index (κ3) is 4.41. The molecule has 1 spiro atoms. The predicted octanol–water partition coefficient (Wildman–Crippen LogP) is 2.39. The number of benzene rings is 1. The molecular weight excluding hydrogens is 486 g/mol. The smallest absolute Gasteiger partial charge is 0.253 e. The Kier molecular flexibility index (Phi) is 8.28.